The van der Waals surface area contributed by atoms with Gasteiger partial charge in [-0.3, -0.25) is 9.59 Å². The van der Waals surface area contributed by atoms with Crippen LogP contribution in [0.25, 0.3) is 5.57 Å². The fourth-order valence-electron chi connectivity index (χ4n) is 3.99. The summed E-state index contributed by atoms with van der Waals surface area (Å²) in [6.07, 6.45) is 1.80. The van der Waals surface area contributed by atoms with Gasteiger partial charge in [0.1, 0.15) is 11.4 Å². The molecule has 0 aromatic heterocycles. The van der Waals surface area contributed by atoms with Crippen LogP contribution in [0.1, 0.15) is 42.5 Å². The summed E-state index contributed by atoms with van der Waals surface area (Å²) in [5.74, 6) is 0.0276. The third-order valence-corrected chi connectivity index (χ3v) is 6.17. The first-order chi connectivity index (χ1) is 16.4. The van der Waals surface area contributed by atoms with E-state index >= 15 is 0 Å². The van der Waals surface area contributed by atoms with Crippen molar-refractivity contribution < 1.29 is 14.3 Å². The van der Waals surface area contributed by atoms with Crippen LogP contribution in [0.5, 0.6) is 5.75 Å². The topological polar surface area (TPSA) is 58.6 Å². The Morgan fingerprint density at radius 2 is 1.56 bits per heavy atom. The zero-order chi connectivity index (χ0) is 24.2. The molecule has 0 aliphatic carbocycles. The number of amides is 2. The third kappa shape index (κ3) is 4.46. The number of rotatable bonds is 8. The molecule has 1 aliphatic rings. The molecule has 4 rings (SSSR count). The van der Waals surface area contributed by atoms with Crippen LogP contribution in [0.4, 0.5) is 11.4 Å². The molecule has 1 heterocycles. The monoisotopic (exact) mass is 454 g/mol. The minimum Gasteiger partial charge on any atom is -0.494 e. The van der Waals surface area contributed by atoms with Crippen LogP contribution < -0.4 is 15.0 Å². The maximum Gasteiger partial charge on any atom is 0.282 e. The second-order valence-electron chi connectivity index (χ2n) is 8.46. The van der Waals surface area contributed by atoms with Crippen LogP contribution in [-0.2, 0) is 16.0 Å². The fraction of sp³-hybridized carbons (Fsp3) is 0.241. The Hall–Kier alpha value is -3.86. The van der Waals surface area contributed by atoms with Crippen LogP contribution in [0, 0.1) is 13.8 Å². The van der Waals surface area contributed by atoms with Crippen molar-refractivity contribution in [3.63, 3.8) is 0 Å². The number of imide groups is 1. The van der Waals surface area contributed by atoms with Crippen LogP contribution in [0.15, 0.2) is 72.4 Å². The van der Waals surface area contributed by atoms with Crippen molar-refractivity contribution in [3.8, 4) is 5.75 Å². The molecule has 1 N–H and O–H groups in total. The number of hydrogen-bond acceptors (Lipinski definition) is 4. The van der Waals surface area contributed by atoms with Crippen molar-refractivity contribution in [2.75, 3.05) is 16.8 Å². The predicted molar refractivity (Wildman–Crippen MR) is 137 cm³/mol. The smallest absolute Gasteiger partial charge is 0.282 e. The van der Waals surface area contributed by atoms with E-state index in [-0.39, 0.29) is 17.5 Å². The number of nitrogens with one attached hydrogen (secondary N) is 1. The molecular formula is C29H30N2O3. The summed E-state index contributed by atoms with van der Waals surface area (Å²) in [7, 11) is 0. The molecule has 0 saturated heterocycles. The van der Waals surface area contributed by atoms with Gasteiger partial charge in [-0.25, -0.2) is 4.90 Å². The molecule has 1 aliphatic heterocycles. The Labute approximate surface area is 201 Å². The molecule has 34 heavy (non-hydrogen) atoms. The van der Waals surface area contributed by atoms with Crippen LogP contribution >= 0.6 is 0 Å². The number of carbonyl (C=O) groups excluding carboxylic acids is 2. The predicted octanol–water partition coefficient (Wildman–Crippen LogP) is 6.05. The normalized spacial score (nSPS) is 13.6. The summed E-state index contributed by atoms with van der Waals surface area (Å²) in [5, 5.41) is 3.29. The molecule has 5 nitrogen and oxygen atoms in total. The average Bonchev–Trinajstić information content (AvgIpc) is 3.10. The zero-order valence-corrected chi connectivity index (χ0v) is 20.1. The van der Waals surface area contributed by atoms with Gasteiger partial charge in [-0.05, 0) is 79.3 Å². The van der Waals surface area contributed by atoms with Gasteiger partial charge in [-0.2, -0.15) is 0 Å². The first-order valence-corrected chi connectivity index (χ1v) is 11.7. The van der Waals surface area contributed by atoms with Crippen LogP contribution in [0.3, 0.4) is 0 Å². The second kappa shape index (κ2) is 9.96. The number of aryl methyl sites for hydroxylation is 2. The van der Waals surface area contributed by atoms with Gasteiger partial charge in [0.15, 0.2) is 0 Å². The van der Waals surface area contributed by atoms with Gasteiger partial charge in [-0.1, -0.05) is 50.2 Å². The second-order valence-corrected chi connectivity index (χ2v) is 8.46. The number of ether oxygens (including phenoxy) is 1. The zero-order valence-electron chi connectivity index (χ0n) is 20.1. The molecule has 0 fully saturated rings. The summed E-state index contributed by atoms with van der Waals surface area (Å²) in [4.78, 5) is 28.5. The van der Waals surface area contributed by atoms with Crippen LogP contribution in [0.2, 0.25) is 0 Å². The summed E-state index contributed by atoms with van der Waals surface area (Å²) in [6, 6.07) is 20.8. The highest BCUT2D eigenvalue weighted by Gasteiger charge is 2.40. The quantitative estimate of drug-likeness (QED) is 0.421. The van der Waals surface area contributed by atoms with Crippen molar-refractivity contribution in [1.82, 2.24) is 0 Å². The summed E-state index contributed by atoms with van der Waals surface area (Å²) < 4.78 is 5.69. The largest absolute Gasteiger partial charge is 0.494 e. The van der Waals surface area contributed by atoms with E-state index in [1.165, 1.54) is 4.90 Å². The SMILES string of the molecule is CCCOc1ccc(C2=C(Nc3cccc(C)c3C)C(=O)N(c3ccc(CC)cc3)C2=O)cc1. The molecule has 3 aromatic carbocycles. The molecule has 0 bridgehead atoms. The van der Waals surface area contributed by atoms with Crippen molar-refractivity contribution in [2.45, 2.75) is 40.5 Å². The van der Waals surface area contributed by atoms with E-state index in [1.54, 1.807) is 0 Å². The van der Waals surface area contributed by atoms with E-state index in [2.05, 4.69) is 19.2 Å². The summed E-state index contributed by atoms with van der Waals surface area (Å²) in [5.41, 5.74) is 5.95. The molecule has 5 heteroatoms. The van der Waals surface area contributed by atoms with Crippen LogP contribution in [-0.4, -0.2) is 18.4 Å². The first kappa shape index (κ1) is 23.3. The molecule has 0 radical (unpaired) electrons. The van der Waals surface area contributed by atoms with E-state index in [9.17, 15) is 9.59 Å². The van der Waals surface area contributed by atoms with E-state index in [0.29, 0.717) is 23.4 Å². The van der Waals surface area contributed by atoms with E-state index in [0.717, 1.165) is 41.0 Å². The minimum absolute atomic E-state index is 0.278. The lowest BCUT2D eigenvalue weighted by molar-refractivity contribution is -0.120. The van der Waals surface area contributed by atoms with Gasteiger partial charge in [0.05, 0.1) is 17.9 Å². The Kier molecular flexibility index (Phi) is 6.82. The summed E-state index contributed by atoms with van der Waals surface area (Å²) >= 11 is 0. The Bertz CT molecular complexity index is 1240. The molecule has 0 spiro atoms. The lowest BCUT2D eigenvalue weighted by Gasteiger charge is -2.16. The van der Waals surface area contributed by atoms with E-state index in [1.807, 2.05) is 80.6 Å². The number of carbonyl (C=O) groups is 2. The third-order valence-electron chi connectivity index (χ3n) is 6.17. The highest BCUT2D eigenvalue weighted by Crippen LogP contribution is 2.35. The van der Waals surface area contributed by atoms with Crippen molar-refractivity contribution in [1.29, 1.82) is 0 Å². The maximum absolute atomic E-state index is 13.7. The van der Waals surface area contributed by atoms with Gasteiger partial charge in [0.2, 0.25) is 0 Å². The number of nitrogens with zero attached hydrogens (tertiary/aromatic N) is 1. The molecule has 174 valence electrons. The molecular weight excluding hydrogens is 424 g/mol. The Morgan fingerprint density at radius 1 is 0.853 bits per heavy atom. The Balaban J connectivity index is 1.77. The average molecular weight is 455 g/mol. The van der Waals surface area contributed by atoms with Gasteiger partial charge >= 0.3 is 0 Å². The lowest BCUT2D eigenvalue weighted by Crippen LogP contribution is -2.32. The molecule has 2 amide bonds. The number of anilines is 2. The molecule has 0 atom stereocenters. The first-order valence-electron chi connectivity index (χ1n) is 11.7. The molecule has 3 aromatic rings. The van der Waals surface area contributed by atoms with E-state index in [4.69, 9.17) is 4.74 Å². The maximum atomic E-state index is 13.7. The highest BCUT2D eigenvalue weighted by molar-refractivity contribution is 6.46. The van der Waals surface area contributed by atoms with Crippen molar-refractivity contribution in [2.24, 2.45) is 0 Å². The van der Waals surface area contributed by atoms with Crippen molar-refractivity contribution in [3.05, 3.63) is 94.7 Å². The van der Waals surface area contributed by atoms with Gasteiger partial charge in [0.25, 0.3) is 11.8 Å². The summed E-state index contributed by atoms with van der Waals surface area (Å²) in [6.45, 7) is 8.77. The molecule has 0 unspecified atom stereocenters. The van der Waals surface area contributed by atoms with Gasteiger partial charge in [0, 0.05) is 5.69 Å². The fourth-order valence-corrected chi connectivity index (χ4v) is 3.99. The lowest BCUT2D eigenvalue weighted by atomic mass is 10.0. The highest BCUT2D eigenvalue weighted by atomic mass is 16.5. The van der Waals surface area contributed by atoms with Crippen molar-refractivity contribution >= 4 is 28.8 Å². The van der Waals surface area contributed by atoms with Gasteiger partial charge < -0.3 is 10.1 Å². The van der Waals surface area contributed by atoms with Gasteiger partial charge in [-0.15, -0.1) is 0 Å². The standard InChI is InChI=1S/C29H30N2O3/c1-5-18-34-24-16-12-22(13-17-24)26-27(30-25-9-7-8-19(3)20(25)4)29(33)31(28(26)32)23-14-10-21(6-2)11-15-23/h7-17,30H,5-6,18H2,1-4H3. The molecule has 0 saturated carbocycles. The van der Waals surface area contributed by atoms with E-state index < -0.39 is 0 Å². The Morgan fingerprint density at radius 3 is 2.21 bits per heavy atom. The minimum atomic E-state index is -0.364. The number of benzene rings is 3. The number of hydrogen-bond donors (Lipinski definition) is 1.